The van der Waals surface area contributed by atoms with Gasteiger partial charge in [-0.1, -0.05) is 18.2 Å². The summed E-state index contributed by atoms with van der Waals surface area (Å²) in [5.74, 6) is 0.0114. The van der Waals surface area contributed by atoms with Crippen molar-refractivity contribution in [2.75, 3.05) is 13.2 Å². The Hall–Kier alpha value is -3.21. The Bertz CT molecular complexity index is 1330. The van der Waals surface area contributed by atoms with E-state index in [1.807, 2.05) is 41.9 Å². The van der Waals surface area contributed by atoms with Crippen LogP contribution in [0.2, 0.25) is 0 Å². The number of fused-ring (bicyclic) bond motifs is 1. The summed E-state index contributed by atoms with van der Waals surface area (Å²) in [4.78, 5) is 13.8. The summed E-state index contributed by atoms with van der Waals surface area (Å²) in [6, 6.07) is 17.2. The minimum absolute atomic E-state index is 0.000371. The minimum atomic E-state index is -3.75. The molecule has 31 heavy (non-hydrogen) atoms. The van der Waals surface area contributed by atoms with Crippen LogP contribution >= 0.6 is 11.3 Å². The van der Waals surface area contributed by atoms with Crippen LogP contribution in [0.5, 0.6) is 5.75 Å². The van der Waals surface area contributed by atoms with Crippen molar-refractivity contribution >= 4 is 37.5 Å². The van der Waals surface area contributed by atoms with E-state index in [1.165, 1.54) is 35.6 Å². The smallest absolute Gasteiger partial charge is 0.348 e. The predicted octanol–water partition coefficient (Wildman–Crippen LogP) is 3.28. The summed E-state index contributed by atoms with van der Waals surface area (Å²) in [5.41, 5.74) is 1.75. The van der Waals surface area contributed by atoms with Gasteiger partial charge in [-0.05, 0) is 49.4 Å². The maximum Gasteiger partial charge on any atom is 0.348 e. The van der Waals surface area contributed by atoms with Crippen molar-refractivity contribution in [1.29, 1.82) is 0 Å². The van der Waals surface area contributed by atoms with E-state index in [1.54, 1.807) is 6.07 Å². The number of carbonyl (C=O) groups excluding carboxylic acids is 1. The Balaban J connectivity index is 1.38. The van der Waals surface area contributed by atoms with Gasteiger partial charge in [-0.15, -0.1) is 11.3 Å². The highest BCUT2D eigenvalue weighted by Gasteiger charge is 2.18. The molecule has 8 nitrogen and oxygen atoms in total. The summed E-state index contributed by atoms with van der Waals surface area (Å²) in [7, 11) is -3.75. The van der Waals surface area contributed by atoms with Crippen molar-refractivity contribution in [3.63, 3.8) is 0 Å². The molecule has 2 heterocycles. The molecule has 4 aromatic rings. The summed E-state index contributed by atoms with van der Waals surface area (Å²) >= 11 is 1.32. The molecule has 0 unspecified atom stereocenters. The minimum Gasteiger partial charge on any atom is -0.490 e. The second kappa shape index (κ2) is 8.50. The van der Waals surface area contributed by atoms with Crippen LogP contribution in [0.1, 0.15) is 15.4 Å². The summed E-state index contributed by atoms with van der Waals surface area (Å²) in [5, 5.41) is 10.5. The first kappa shape index (κ1) is 21.0. The molecular formula is C21H19N3O5S2. The SMILES string of the molecule is Cc1nn(-c2ccccc2)c2sc(C(=O)OCCOc3ccc(S(N)(=O)=O)cc3)cc12. The van der Waals surface area contributed by atoms with Crippen molar-refractivity contribution in [1.82, 2.24) is 9.78 Å². The largest absolute Gasteiger partial charge is 0.490 e. The van der Waals surface area contributed by atoms with E-state index in [9.17, 15) is 13.2 Å². The number of para-hydroxylation sites is 1. The van der Waals surface area contributed by atoms with Crippen molar-refractivity contribution < 1.29 is 22.7 Å². The lowest BCUT2D eigenvalue weighted by molar-refractivity contribution is 0.0456. The highest BCUT2D eigenvalue weighted by atomic mass is 32.2. The maximum absolute atomic E-state index is 12.5. The zero-order valence-corrected chi connectivity index (χ0v) is 18.2. The number of benzene rings is 2. The van der Waals surface area contributed by atoms with Gasteiger partial charge < -0.3 is 9.47 Å². The Labute approximate surface area is 182 Å². The molecule has 0 aliphatic carbocycles. The third-order valence-electron chi connectivity index (χ3n) is 4.48. The van der Waals surface area contributed by atoms with E-state index in [-0.39, 0.29) is 18.1 Å². The van der Waals surface area contributed by atoms with Gasteiger partial charge in [0.25, 0.3) is 0 Å². The molecule has 10 heteroatoms. The lowest BCUT2D eigenvalue weighted by Crippen LogP contribution is -2.13. The van der Waals surface area contributed by atoms with E-state index in [0.29, 0.717) is 10.6 Å². The third kappa shape index (κ3) is 4.61. The molecule has 4 rings (SSSR count). The van der Waals surface area contributed by atoms with Gasteiger partial charge in [0.2, 0.25) is 10.0 Å². The molecule has 0 atom stereocenters. The fraction of sp³-hybridized carbons (Fsp3) is 0.143. The fourth-order valence-electron chi connectivity index (χ4n) is 2.98. The van der Waals surface area contributed by atoms with Crippen molar-refractivity contribution in [3.8, 4) is 11.4 Å². The zero-order chi connectivity index (χ0) is 22.0. The summed E-state index contributed by atoms with van der Waals surface area (Å²) in [6.45, 7) is 2.08. The summed E-state index contributed by atoms with van der Waals surface area (Å²) in [6.07, 6.45) is 0. The van der Waals surface area contributed by atoms with Gasteiger partial charge in [-0.3, -0.25) is 0 Å². The number of primary sulfonamides is 1. The first-order chi connectivity index (χ1) is 14.8. The van der Waals surface area contributed by atoms with E-state index in [0.717, 1.165) is 21.6 Å². The Kier molecular flexibility index (Phi) is 5.77. The van der Waals surface area contributed by atoms with Crippen molar-refractivity contribution in [3.05, 3.63) is 71.2 Å². The standard InChI is InChI=1S/C21H19N3O5S2/c1-14-18-13-19(30-20(18)24(23-14)15-5-3-2-4-6-15)21(25)29-12-11-28-16-7-9-17(10-8-16)31(22,26)27/h2-10,13H,11-12H2,1H3,(H2,22,26,27). The van der Waals surface area contributed by atoms with Gasteiger partial charge in [0.1, 0.15) is 28.7 Å². The highest BCUT2D eigenvalue weighted by molar-refractivity contribution is 7.89. The second-order valence-electron chi connectivity index (χ2n) is 6.66. The number of sulfonamides is 1. The molecule has 0 radical (unpaired) electrons. The van der Waals surface area contributed by atoms with Crippen LogP contribution in [-0.4, -0.2) is 37.4 Å². The number of nitrogens with zero attached hydrogens (tertiary/aromatic N) is 2. The van der Waals surface area contributed by atoms with Crippen molar-refractivity contribution in [2.45, 2.75) is 11.8 Å². The molecule has 0 saturated heterocycles. The molecule has 0 amide bonds. The first-order valence-electron chi connectivity index (χ1n) is 9.30. The molecule has 0 saturated carbocycles. The van der Waals surface area contributed by atoms with Gasteiger partial charge >= 0.3 is 5.97 Å². The van der Waals surface area contributed by atoms with Crippen LogP contribution in [0.3, 0.4) is 0 Å². The predicted molar refractivity (Wildman–Crippen MR) is 117 cm³/mol. The van der Waals surface area contributed by atoms with Crippen LogP contribution < -0.4 is 9.88 Å². The molecule has 2 aromatic carbocycles. The average Bonchev–Trinajstić information content (AvgIpc) is 3.32. The van der Waals surface area contributed by atoms with Gasteiger partial charge in [-0.2, -0.15) is 5.10 Å². The van der Waals surface area contributed by atoms with Crippen LogP contribution in [0.25, 0.3) is 15.9 Å². The number of esters is 1. The number of thiophene rings is 1. The maximum atomic E-state index is 12.5. The quantitative estimate of drug-likeness (QED) is 0.337. The van der Waals surface area contributed by atoms with Crippen LogP contribution in [-0.2, 0) is 14.8 Å². The average molecular weight is 458 g/mol. The Morgan fingerprint density at radius 3 is 2.48 bits per heavy atom. The number of aryl methyl sites for hydroxylation is 1. The molecule has 0 bridgehead atoms. The van der Waals surface area contributed by atoms with Crippen LogP contribution in [0.4, 0.5) is 0 Å². The normalized spacial score (nSPS) is 11.5. The number of hydrogen-bond donors (Lipinski definition) is 1. The summed E-state index contributed by atoms with van der Waals surface area (Å²) < 4.78 is 35.1. The Morgan fingerprint density at radius 2 is 1.81 bits per heavy atom. The molecule has 0 fully saturated rings. The molecule has 160 valence electrons. The molecule has 0 aliphatic heterocycles. The van der Waals surface area contributed by atoms with Crippen LogP contribution in [0.15, 0.2) is 65.6 Å². The fourth-order valence-corrected chi connectivity index (χ4v) is 4.57. The number of hydrogen-bond acceptors (Lipinski definition) is 7. The van der Waals surface area contributed by atoms with Crippen molar-refractivity contribution in [2.24, 2.45) is 5.14 Å². The number of rotatable bonds is 7. The number of nitrogens with two attached hydrogens (primary N) is 1. The molecule has 2 aromatic heterocycles. The monoisotopic (exact) mass is 457 g/mol. The first-order valence-corrected chi connectivity index (χ1v) is 11.7. The second-order valence-corrected chi connectivity index (χ2v) is 9.26. The molecule has 0 aliphatic rings. The number of carbonyl (C=O) groups is 1. The third-order valence-corrected chi connectivity index (χ3v) is 6.50. The van der Waals surface area contributed by atoms with E-state index in [4.69, 9.17) is 14.6 Å². The molecule has 0 spiro atoms. The lowest BCUT2D eigenvalue weighted by Gasteiger charge is -2.07. The number of ether oxygens (including phenoxy) is 2. The molecule has 2 N–H and O–H groups in total. The van der Waals surface area contributed by atoms with Gasteiger partial charge in [-0.25, -0.2) is 23.0 Å². The number of aromatic nitrogens is 2. The topological polar surface area (TPSA) is 114 Å². The van der Waals surface area contributed by atoms with Crippen LogP contribution in [0, 0.1) is 6.92 Å². The van der Waals surface area contributed by atoms with Gasteiger partial charge in [0.15, 0.2) is 0 Å². The van der Waals surface area contributed by atoms with E-state index >= 15 is 0 Å². The lowest BCUT2D eigenvalue weighted by atomic mass is 10.3. The van der Waals surface area contributed by atoms with Gasteiger partial charge in [0.05, 0.1) is 16.3 Å². The van der Waals surface area contributed by atoms with E-state index in [2.05, 4.69) is 5.10 Å². The Morgan fingerprint density at radius 1 is 1.10 bits per heavy atom. The van der Waals surface area contributed by atoms with Gasteiger partial charge in [0, 0.05) is 5.39 Å². The van der Waals surface area contributed by atoms with E-state index < -0.39 is 16.0 Å². The molecular weight excluding hydrogens is 438 g/mol. The zero-order valence-electron chi connectivity index (χ0n) is 16.5. The highest BCUT2D eigenvalue weighted by Crippen LogP contribution is 2.30.